The number of allylic oxidation sites excluding steroid dienone is 2. The van der Waals surface area contributed by atoms with Crippen molar-refractivity contribution >= 4 is 16.9 Å². The Bertz CT molecular complexity index is 1300. The van der Waals surface area contributed by atoms with Gasteiger partial charge in [0.15, 0.2) is 11.2 Å². The van der Waals surface area contributed by atoms with E-state index in [2.05, 4.69) is 21.7 Å². The molecule has 0 unspecified atom stereocenters. The number of aromatic nitrogens is 5. The largest absolute Gasteiger partial charge is 0.332 e. The molecule has 7 heteroatoms. The minimum atomic E-state index is -0.357. The lowest BCUT2D eigenvalue weighted by atomic mass is 10.1. The summed E-state index contributed by atoms with van der Waals surface area (Å²) in [5.41, 5.74) is 2.44. The maximum absolute atomic E-state index is 13.0. The maximum atomic E-state index is 13.0. The van der Waals surface area contributed by atoms with Gasteiger partial charge in [-0.05, 0) is 25.8 Å². The summed E-state index contributed by atoms with van der Waals surface area (Å²) < 4.78 is 6.59. The Kier molecular flexibility index (Phi) is 4.50. The summed E-state index contributed by atoms with van der Waals surface area (Å²) in [4.78, 5) is 30.3. The van der Waals surface area contributed by atoms with Gasteiger partial charge in [-0.15, -0.1) is 0 Å². The molecule has 0 bridgehead atoms. The lowest BCUT2D eigenvalue weighted by Crippen LogP contribution is -2.39. The van der Waals surface area contributed by atoms with E-state index in [-0.39, 0.29) is 17.8 Å². The second-order valence-corrected chi connectivity index (χ2v) is 6.94. The van der Waals surface area contributed by atoms with Gasteiger partial charge in [-0.3, -0.25) is 18.3 Å². The van der Waals surface area contributed by atoms with Crippen molar-refractivity contribution in [1.29, 1.82) is 0 Å². The fourth-order valence-corrected chi connectivity index (χ4v) is 3.59. The molecule has 0 saturated heterocycles. The van der Waals surface area contributed by atoms with Crippen molar-refractivity contribution in [3.8, 4) is 0 Å². The molecule has 0 amide bonds. The highest BCUT2D eigenvalue weighted by Gasteiger charge is 2.19. The number of nitrogens with zero attached hydrogens (tertiary/aromatic N) is 5. The van der Waals surface area contributed by atoms with E-state index in [0.717, 1.165) is 18.7 Å². The van der Waals surface area contributed by atoms with Gasteiger partial charge in [0.2, 0.25) is 5.78 Å². The highest BCUT2D eigenvalue weighted by Crippen LogP contribution is 2.17. The molecule has 3 aromatic heterocycles. The molecule has 0 saturated carbocycles. The van der Waals surface area contributed by atoms with Crippen LogP contribution in [0.1, 0.15) is 18.2 Å². The van der Waals surface area contributed by atoms with Gasteiger partial charge >= 0.3 is 5.69 Å². The van der Waals surface area contributed by atoms with Crippen molar-refractivity contribution in [2.75, 3.05) is 0 Å². The van der Waals surface area contributed by atoms with Crippen LogP contribution >= 0.6 is 0 Å². The van der Waals surface area contributed by atoms with E-state index in [1.165, 1.54) is 14.7 Å². The van der Waals surface area contributed by atoms with Crippen LogP contribution in [-0.2, 0) is 26.6 Å². The summed E-state index contributed by atoms with van der Waals surface area (Å²) in [6, 6.07) is 10.3. The third kappa shape index (κ3) is 2.79. The third-order valence-electron chi connectivity index (χ3n) is 5.13. The van der Waals surface area contributed by atoms with Crippen LogP contribution in [0, 0.1) is 6.92 Å². The molecule has 3 heterocycles. The number of benzene rings is 1. The number of fused-ring (bicyclic) bond motifs is 3. The standard InChI is InChI=1S/C21H23N5O2/c1-4-5-12-25-19(27)17-18(23(3)21(25)28)22-20-24(15(2)14-26(17)20)13-11-16-9-7-6-8-10-16/h4-10,14H,11-13H2,1-3H3/b5-4-. The Morgan fingerprint density at radius 3 is 2.57 bits per heavy atom. The lowest BCUT2D eigenvalue weighted by Gasteiger charge is -2.06. The molecule has 0 radical (unpaired) electrons. The first kappa shape index (κ1) is 18.0. The van der Waals surface area contributed by atoms with E-state index in [1.54, 1.807) is 13.1 Å². The molecule has 0 N–H and O–H groups in total. The molecule has 0 atom stereocenters. The van der Waals surface area contributed by atoms with E-state index < -0.39 is 0 Å². The Hall–Kier alpha value is -3.35. The number of rotatable bonds is 5. The summed E-state index contributed by atoms with van der Waals surface area (Å²) in [5, 5.41) is 0. The first-order valence-corrected chi connectivity index (χ1v) is 9.35. The van der Waals surface area contributed by atoms with Crippen molar-refractivity contribution in [3.63, 3.8) is 0 Å². The topological polar surface area (TPSA) is 66.2 Å². The van der Waals surface area contributed by atoms with Gasteiger partial charge in [0.25, 0.3) is 5.56 Å². The Morgan fingerprint density at radius 1 is 1.11 bits per heavy atom. The van der Waals surface area contributed by atoms with Crippen LogP contribution < -0.4 is 11.2 Å². The Labute approximate surface area is 161 Å². The van der Waals surface area contributed by atoms with Gasteiger partial charge < -0.3 is 4.57 Å². The average molecular weight is 377 g/mol. The highest BCUT2D eigenvalue weighted by molar-refractivity contribution is 5.75. The van der Waals surface area contributed by atoms with Crippen molar-refractivity contribution < 1.29 is 0 Å². The van der Waals surface area contributed by atoms with Gasteiger partial charge in [-0.1, -0.05) is 42.5 Å². The predicted octanol–water partition coefficient (Wildman–Crippen LogP) is 2.28. The van der Waals surface area contributed by atoms with Gasteiger partial charge in [0.05, 0.1) is 0 Å². The summed E-state index contributed by atoms with van der Waals surface area (Å²) in [5.74, 6) is 0.680. The number of aryl methyl sites for hydroxylation is 4. The van der Waals surface area contributed by atoms with Crippen LogP contribution in [0.4, 0.5) is 0 Å². The zero-order valence-electron chi connectivity index (χ0n) is 16.3. The fourth-order valence-electron chi connectivity index (χ4n) is 3.59. The second-order valence-electron chi connectivity index (χ2n) is 6.94. The molecule has 28 heavy (non-hydrogen) atoms. The monoisotopic (exact) mass is 377 g/mol. The van der Waals surface area contributed by atoms with Crippen LogP contribution in [0.15, 0.2) is 58.3 Å². The number of hydrogen-bond donors (Lipinski definition) is 0. The van der Waals surface area contributed by atoms with Crippen LogP contribution in [0.3, 0.4) is 0 Å². The molecule has 0 fully saturated rings. The van der Waals surface area contributed by atoms with Crippen LogP contribution in [-0.4, -0.2) is 23.1 Å². The quantitative estimate of drug-likeness (QED) is 0.501. The van der Waals surface area contributed by atoms with Crippen molar-refractivity contribution in [3.05, 3.63) is 80.8 Å². The Balaban J connectivity index is 1.88. The van der Waals surface area contributed by atoms with Gasteiger partial charge in [-0.25, -0.2) is 4.79 Å². The summed E-state index contributed by atoms with van der Waals surface area (Å²) in [6.45, 7) is 4.86. The van der Waals surface area contributed by atoms with Gasteiger partial charge in [-0.2, -0.15) is 4.98 Å². The van der Waals surface area contributed by atoms with Crippen LogP contribution in [0.2, 0.25) is 0 Å². The summed E-state index contributed by atoms with van der Waals surface area (Å²) in [7, 11) is 1.66. The van der Waals surface area contributed by atoms with Gasteiger partial charge in [0, 0.05) is 32.0 Å². The minimum Gasteiger partial charge on any atom is -0.314 e. The molecular formula is C21H23N5O2. The van der Waals surface area contributed by atoms with Crippen molar-refractivity contribution in [2.24, 2.45) is 7.05 Å². The van der Waals surface area contributed by atoms with Crippen LogP contribution in [0.25, 0.3) is 16.9 Å². The van der Waals surface area contributed by atoms with Crippen LogP contribution in [0.5, 0.6) is 0 Å². The molecule has 4 rings (SSSR count). The number of hydrogen-bond acceptors (Lipinski definition) is 3. The minimum absolute atomic E-state index is 0.249. The van der Waals surface area contributed by atoms with Gasteiger partial charge in [0.1, 0.15) is 0 Å². The second kappa shape index (κ2) is 6.99. The Morgan fingerprint density at radius 2 is 1.86 bits per heavy atom. The summed E-state index contributed by atoms with van der Waals surface area (Å²) >= 11 is 0. The predicted molar refractivity (Wildman–Crippen MR) is 110 cm³/mol. The molecule has 4 aromatic rings. The lowest BCUT2D eigenvalue weighted by molar-refractivity contribution is 0.665. The molecule has 1 aromatic carbocycles. The van der Waals surface area contributed by atoms with E-state index in [9.17, 15) is 9.59 Å². The normalized spacial score (nSPS) is 12.0. The first-order valence-electron chi connectivity index (χ1n) is 9.35. The SMILES string of the molecule is C/C=C\Cn1c(=O)c2c(nc3n(CCc4ccccc4)c(C)cn23)n(C)c1=O. The first-order chi connectivity index (χ1) is 13.5. The van der Waals surface area contributed by atoms with E-state index >= 15 is 0 Å². The molecular weight excluding hydrogens is 354 g/mol. The van der Waals surface area contributed by atoms with E-state index in [1.807, 2.05) is 48.7 Å². The molecule has 0 spiro atoms. The fraction of sp³-hybridized carbons (Fsp3) is 0.286. The molecule has 0 aliphatic carbocycles. The van der Waals surface area contributed by atoms with Crippen molar-refractivity contribution in [1.82, 2.24) is 23.1 Å². The van der Waals surface area contributed by atoms with E-state index in [0.29, 0.717) is 16.9 Å². The average Bonchev–Trinajstić information content (AvgIpc) is 3.20. The highest BCUT2D eigenvalue weighted by atomic mass is 16.2. The van der Waals surface area contributed by atoms with E-state index in [4.69, 9.17) is 0 Å². The number of imidazole rings is 2. The maximum Gasteiger partial charge on any atom is 0.332 e. The zero-order valence-corrected chi connectivity index (χ0v) is 16.3. The third-order valence-corrected chi connectivity index (χ3v) is 5.13. The molecule has 0 aliphatic heterocycles. The van der Waals surface area contributed by atoms with Crippen molar-refractivity contribution in [2.45, 2.75) is 33.4 Å². The molecule has 0 aliphatic rings. The smallest absolute Gasteiger partial charge is 0.314 e. The zero-order chi connectivity index (χ0) is 19.8. The molecule has 7 nitrogen and oxygen atoms in total. The molecule has 144 valence electrons. The summed E-state index contributed by atoms with van der Waals surface area (Å²) in [6.07, 6.45) is 6.40.